The number of carbonyl (C=O) groups is 1. The van der Waals surface area contributed by atoms with Crippen molar-refractivity contribution in [1.82, 2.24) is 9.97 Å². The van der Waals surface area contributed by atoms with Crippen LogP contribution in [0.2, 0.25) is 0 Å². The first-order chi connectivity index (χ1) is 13.0. The van der Waals surface area contributed by atoms with E-state index >= 15 is 0 Å². The van der Waals surface area contributed by atoms with Gasteiger partial charge in [0.05, 0.1) is 6.20 Å². The Morgan fingerprint density at radius 1 is 1.26 bits per heavy atom. The highest BCUT2D eigenvalue weighted by Gasteiger charge is 2.33. The average Bonchev–Trinajstić information content (AvgIpc) is 3.11. The number of nitrogens with zero attached hydrogens (tertiary/aromatic N) is 2. The van der Waals surface area contributed by atoms with Gasteiger partial charge in [0.15, 0.2) is 5.76 Å². The summed E-state index contributed by atoms with van der Waals surface area (Å²) in [5.74, 6) is 0.764. The molecule has 0 bridgehead atoms. The molecule has 1 aliphatic rings. The first-order valence-corrected chi connectivity index (χ1v) is 9.07. The van der Waals surface area contributed by atoms with Crippen molar-refractivity contribution in [2.75, 3.05) is 10.6 Å². The normalized spacial score (nSPS) is 15.1. The number of aromatic nitrogens is 2. The maximum Gasteiger partial charge on any atom is 0.299 e. The fourth-order valence-electron chi connectivity index (χ4n) is 3.32. The van der Waals surface area contributed by atoms with E-state index in [1.54, 1.807) is 12.4 Å². The van der Waals surface area contributed by atoms with Crippen LogP contribution in [0.4, 0.5) is 17.4 Å². The average molecular weight is 362 g/mol. The molecule has 0 spiro atoms. The first-order valence-electron chi connectivity index (χ1n) is 9.07. The summed E-state index contributed by atoms with van der Waals surface area (Å²) >= 11 is 0. The number of amides is 1. The first kappa shape index (κ1) is 17.3. The van der Waals surface area contributed by atoms with Gasteiger partial charge in [0.2, 0.25) is 5.91 Å². The van der Waals surface area contributed by atoms with Gasteiger partial charge in [0, 0.05) is 34.7 Å². The molecule has 0 radical (unpaired) electrons. The van der Waals surface area contributed by atoms with E-state index in [1.807, 2.05) is 44.3 Å². The monoisotopic (exact) mass is 362 g/mol. The van der Waals surface area contributed by atoms with Crippen molar-refractivity contribution < 1.29 is 9.21 Å². The number of oxazole rings is 1. The summed E-state index contributed by atoms with van der Waals surface area (Å²) in [5, 5.41) is 6.18. The summed E-state index contributed by atoms with van der Waals surface area (Å²) in [7, 11) is 0. The van der Waals surface area contributed by atoms with E-state index < -0.39 is 5.41 Å². The molecule has 3 heterocycles. The van der Waals surface area contributed by atoms with Gasteiger partial charge in [-0.2, -0.15) is 0 Å². The quantitative estimate of drug-likeness (QED) is 0.711. The smallest absolute Gasteiger partial charge is 0.299 e. The fourth-order valence-corrected chi connectivity index (χ4v) is 3.32. The molecular weight excluding hydrogens is 340 g/mol. The molecule has 1 amide bonds. The molecule has 138 valence electrons. The largest absolute Gasteiger partial charge is 0.423 e. The summed E-state index contributed by atoms with van der Waals surface area (Å²) < 4.78 is 5.90. The number of fused-ring (bicyclic) bond motifs is 1. The standard InChI is InChI=1S/C21H22N4O2/c1-4-13-11-22-8-7-16(13)18-12-23-20(27-18)24-15-5-6-17-14(9-15)10-21(2,3)19(26)25-17/h5-9,11-12H,4,10H2,1-3H3,(H,23,24)(H,25,26). The zero-order valence-electron chi connectivity index (χ0n) is 15.7. The van der Waals surface area contributed by atoms with Crippen LogP contribution in [0.15, 0.2) is 47.3 Å². The highest BCUT2D eigenvalue weighted by molar-refractivity contribution is 5.98. The molecule has 0 saturated heterocycles. The zero-order chi connectivity index (χ0) is 19.0. The number of hydrogen-bond acceptors (Lipinski definition) is 5. The Bertz CT molecular complexity index is 1010. The molecule has 3 aromatic rings. The number of benzene rings is 1. The lowest BCUT2D eigenvalue weighted by Gasteiger charge is -2.30. The minimum absolute atomic E-state index is 0.0529. The van der Waals surface area contributed by atoms with Crippen LogP contribution in [0.5, 0.6) is 0 Å². The van der Waals surface area contributed by atoms with E-state index in [0.29, 0.717) is 18.2 Å². The minimum atomic E-state index is -0.417. The molecule has 2 N–H and O–H groups in total. The van der Waals surface area contributed by atoms with Crippen molar-refractivity contribution in [3.8, 4) is 11.3 Å². The van der Waals surface area contributed by atoms with Crippen LogP contribution in [0, 0.1) is 5.41 Å². The van der Waals surface area contributed by atoms with E-state index in [-0.39, 0.29) is 5.91 Å². The lowest BCUT2D eigenvalue weighted by Crippen LogP contribution is -2.37. The maximum atomic E-state index is 12.1. The van der Waals surface area contributed by atoms with Crippen molar-refractivity contribution in [2.45, 2.75) is 33.6 Å². The highest BCUT2D eigenvalue weighted by atomic mass is 16.4. The third-order valence-electron chi connectivity index (χ3n) is 4.91. The number of anilines is 3. The van der Waals surface area contributed by atoms with Crippen LogP contribution in [0.1, 0.15) is 31.9 Å². The van der Waals surface area contributed by atoms with Crippen LogP contribution < -0.4 is 10.6 Å². The van der Waals surface area contributed by atoms with Gasteiger partial charge in [-0.15, -0.1) is 0 Å². The molecule has 0 fully saturated rings. The van der Waals surface area contributed by atoms with Crippen molar-refractivity contribution >= 4 is 23.3 Å². The van der Waals surface area contributed by atoms with Gasteiger partial charge in [-0.1, -0.05) is 20.8 Å². The van der Waals surface area contributed by atoms with Crippen molar-refractivity contribution in [3.63, 3.8) is 0 Å². The minimum Gasteiger partial charge on any atom is -0.423 e. The Hall–Kier alpha value is -3.15. The number of pyridine rings is 1. The van der Waals surface area contributed by atoms with E-state index in [2.05, 4.69) is 27.5 Å². The Balaban J connectivity index is 1.58. The molecule has 4 rings (SSSR count). The topological polar surface area (TPSA) is 80.0 Å². The fraction of sp³-hybridized carbons (Fsp3) is 0.286. The number of carbonyl (C=O) groups excluding carboxylic acids is 1. The number of aryl methyl sites for hydroxylation is 1. The maximum absolute atomic E-state index is 12.1. The summed E-state index contributed by atoms with van der Waals surface area (Å²) in [5.41, 5.74) is 4.54. The molecule has 1 aromatic carbocycles. The van der Waals surface area contributed by atoms with E-state index in [9.17, 15) is 4.79 Å². The van der Waals surface area contributed by atoms with Crippen molar-refractivity contribution in [3.05, 3.63) is 54.0 Å². The highest BCUT2D eigenvalue weighted by Crippen LogP contribution is 2.35. The second-order valence-corrected chi connectivity index (χ2v) is 7.43. The Morgan fingerprint density at radius 3 is 2.93 bits per heavy atom. The molecule has 0 atom stereocenters. The van der Waals surface area contributed by atoms with Gasteiger partial charge < -0.3 is 15.1 Å². The summed E-state index contributed by atoms with van der Waals surface area (Å²) in [6.07, 6.45) is 6.89. The lowest BCUT2D eigenvalue weighted by atomic mass is 9.81. The van der Waals surface area contributed by atoms with Crippen molar-refractivity contribution in [1.29, 1.82) is 0 Å². The number of nitrogens with one attached hydrogen (secondary N) is 2. The molecule has 0 unspecified atom stereocenters. The van der Waals surface area contributed by atoms with Gasteiger partial charge in [0.25, 0.3) is 6.01 Å². The number of hydrogen-bond donors (Lipinski definition) is 2. The molecule has 0 aliphatic carbocycles. The van der Waals surface area contributed by atoms with Crippen LogP contribution in [-0.2, 0) is 17.6 Å². The molecule has 6 nitrogen and oxygen atoms in total. The van der Waals surface area contributed by atoms with E-state index in [4.69, 9.17) is 4.42 Å². The molecular formula is C21H22N4O2. The Morgan fingerprint density at radius 2 is 2.11 bits per heavy atom. The Kier molecular flexibility index (Phi) is 4.18. The second kappa shape index (κ2) is 6.54. The summed E-state index contributed by atoms with van der Waals surface area (Å²) in [6, 6.07) is 8.22. The van der Waals surface area contributed by atoms with Gasteiger partial charge in [0.1, 0.15) is 0 Å². The number of rotatable bonds is 4. The van der Waals surface area contributed by atoms with Crippen LogP contribution in [0.25, 0.3) is 11.3 Å². The molecule has 6 heteroatoms. The third-order valence-corrected chi connectivity index (χ3v) is 4.91. The lowest BCUT2D eigenvalue weighted by molar-refractivity contribution is -0.124. The molecule has 1 aliphatic heterocycles. The SMILES string of the molecule is CCc1cnccc1-c1cnc(Nc2ccc3c(c2)CC(C)(C)C(=O)N3)o1. The van der Waals surface area contributed by atoms with E-state index in [0.717, 1.165) is 34.5 Å². The van der Waals surface area contributed by atoms with Crippen LogP contribution >= 0.6 is 0 Å². The second-order valence-electron chi connectivity index (χ2n) is 7.43. The summed E-state index contributed by atoms with van der Waals surface area (Å²) in [4.78, 5) is 20.6. The third kappa shape index (κ3) is 3.30. The predicted molar refractivity (Wildman–Crippen MR) is 105 cm³/mol. The molecule has 2 aromatic heterocycles. The predicted octanol–water partition coefficient (Wildman–Crippen LogP) is 4.56. The van der Waals surface area contributed by atoms with Crippen molar-refractivity contribution in [2.24, 2.45) is 5.41 Å². The van der Waals surface area contributed by atoms with Crippen LogP contribution in [-0.4, -0.2) is 15.9 Å². The molecule has 27 heavy (non-hydrogen) atoms. The van der Waals surface area contributed by atoms with Crippen LogP contribution in [0.3, 0.4) is 0 Å². The van der Waals surface area contributed by atoms with Gasteiger partial charge in [-0.05, 0) is 48.2 Å². The van der Waals surface area contributed by atoms with Gasteiger partial charge in [-0.25, -0.2) is 4.98 Å². The zero-order valence-corrected chi connectivity index (χ0v) is 15.7. The van der Waals surface area contributed by atoms with E-state index in [1.165, 1.54) is 0 Å². The van der Waals surface area contributed by atoms with Gasteiger partial charge in [-0.3, -0.25) is 9.78 Å². The summed E-state index contributed by atoms with van der Waals surface area (Å²) in [6.45, 7) is 5.99. The van der Waals surface area contributed by atoms with Gasteiger partial charge >= 0.3 is 0 Å². The molecule has 0 saturated carbocycles. The Labute approximate surface area is 158 Å².